The number of hydrogen-bond donors (Lipinski definition) is 2. The van der Waals surface area contributed by atoms with E-state index in [9.17, 15) is 9.90 Å². The van der Waals surface area contributed by atoms with Gasteiger partial charge in [-0.05, 0) is 44.8 Å². The molecule has 0 saturated carbocycles. The van der Waals surface area contributed by atoms with Gasteiger partial charge in [0.2, 0.25) is 0 Å². The average Bonchev–Trinajstić information content (AvgIpc) is 2.42. The molecular formula is C17H28O3. The van der Waals surface area contributed by atoms with Gasteiger partial charge in [0.05, 0.1) is 11.2 Å². The predicted octanol–water partition coefficient (Wildman–Crippen LogP) is 4.24. The number of aliphatic carboxylic acids is 1. The van der Waals surface area contributed by atoms with Crippen LogP contribution < -0.4 is 0 Å². The highest BCUT2D eigenvalue weighted by Crippen LogP contribution is 2.31. The van der Waals surface area contributed by atoms with Gasteiger partial charge in [0.15, 0.2) is 0 Å². The monoisotopic (exact) mass is 280 g/mol. The van der Waals surface area contributed by atoms with Crippen LogP contribution in [0.1, 0.15) is 60.3 Å². The molecule has 0 radical (unpaired) electrons. The quantitative estimate of drug-likeness (QED) is 0.516. The third kappa shape index (κ3) is 4.97. The molecule has 0 aliphatic carbocycles. The number of carbonyl (C=O) groups is 1. The van der Waals surface area contributed by atoms with Crippen LogP contribution in [0.25, 0.3) is 0 Å². The maximum atomic E-state index is 11.0. The fraction of sp³-hybridized carbons (Fsp3) is 0.588. The zero-order valence-electron chi connectivity index (χ0n) is 13.4. The molecule has 0 bridgehead atoms. The van der Waals surface area contributed by atoms with E-state index in [2.05, 4.69) is 0 Å². The van der Waals surface area contributed by atoms with Gasteiger partial charge in [0.1, 0.15) is 0 Å². The van der Waals surface area contributed by atoms with E-state index in [1.54, 1.807) is 25.2 Å². The van der Waals surface area contributed by atoms with Crippen molar-refractivity contribution in [1.82, 2.24) is 0 Å². The normalized spacial score (nSPS) is 17.0. The largest absolute Gasteiger partial charge is 0.478 e. The first kappa shape index (κ1) is 18.7. The van der Waals surface area contributed by atoms with E-state index in [1.807, 2.05) is 27.7 Å². The molecule has 0 heterocycles. The van der Waals surface area contributed by atoms with Crippen LogP contribution in [0.5, 0.6) is 0 Å². The van der Waals surface area contributed by atoms with Crippen LogP contribution in [0, 0.1) is 0 Å². The molecule has 3 heteroatoms. The van der Waals surface area contributed by atoms with Crippen molar-refractivity contribution in [1.29, 1.82) is 0 Å². The molecule has 2 N–H and O–H groups in total. The van der Waals surface area contributed by atoms with E-state index in [1.165, 1.54) is 0 Å². The van der Waals surface area contributed by atoms with Gasteiger partial charge < -0.3 is 10.2 Å². The number of allylic oxidation sites excluding steroid dienone is 2. The van der Waals surface area contributed by atoms with Crippen LogP contribution >= 0.6 is 0 Å². The minimum Gasteiger partial charge on any atom is -0.478 e. The van der Waals surface area contributed by atoms with Crippen LogP contribution in [-0.2, 0) is 4.79 Å². The minimum atomic E-state index is -0.951. The highest BCUT2D eigenvalue weighted by Gasteiger charge is 2.28. The Morgan fingerprint density at radius 2 is 1.80 bits per heavy atom. The highest BCUT2D eigenvalue weighted by atomic mass is 16.4. The summed E-state index contributed by atoms with van der Waals surface area (Å²) in [4.78, 5) is 11.0. The number of carboxylic acid groups (broad SMARTS) is 1. The lowest BCUT2D eigenvalue weighted by molar-refractivity contribution is -0.132. The Bertz CT molecular complexity index is 416. The van der Waals surface area contributed by atoms with E-state index >= 15 is 0 Å². The molecule has 0 aliphatic heterocycles. The SMILES string of the molecule is C\C=C(/C=C\C(=C(\C)CC)C(O)(CC)CCC)C(=O)O. The molecule has 20 heavy (non-hydrogen) atoms. The van der Waals surface area contributed by atoms with Crippen molar-refractivity contribution >= 4 is 5.97 Å². The summed E-state index contributed by atoms with van der Waals surface area (Å²) in [7, 11) is 0. The number of hydrogen-bond acceptors (Lipinski definition) is 2. The fourth-order valence-corrected chi connectivity index (χ4v) is 2.26. The van der Waals surface area contributed by atoms with Crippen LogP contribution in [0.2, 0.25) is 0 Å². The second kappa shape index (κ2) is 8.75. The van der Waals surface area contributed by atoms with E-state index in [-0.39, 0.29) is 5.57 Å². The van der Waals surface area contributed by atoms with Gasteiger partial charge in [-0.25, -0.2) is 4.79 Å². The Morgan fingerprint density at radius 3 is 2.15 bits per heavy atom. The Kier molecular flexibility index (Phi) is 8.16. The van der Waals surface area contributed by atoms with Gasteiger partial charge in [0, 0.05) is 0 Å². The maximum absolute atomic E-state index is 11.0. The maximum Gasteiger partial charge on any atom is 0.335 e. The zero-order chi connectivity index (χ0) is 15.8. The number of aliphatic hydroxyl groups is 1. The summed E-state index contributed by atoms with van der Waals surface area (Å²) in [5.41, 5.74) is 1.31. The van der Waals surface area contributed by atoms with Gasteiger partial charge in [0.25, 0.3) is 0 Å². The molecule has 3 nitrogen and oxygen atoms in total. The second-order valence-electron chi connectivity index (χ2n) is 5.07. The highest BCUT2D eigenvalue weighted by molar-refractivity contribution is 5.89. The lowest BCUT2D eigenvalue weighted by atomic mass is 9.83. The predicted molar refractivity (Wildman–Crippen MR) is 83.7 cm³/mol. The summed E-state index contributed by atoms with van der Waals surface area (Å²) in [6, 6.07) is 0. The lowest BCUT2D eigenvalue weighted by Gasteiger charge is -2.30. The van der Waals surface area contributed by atoms with Crippen molar-refractivity contribution in [2.45, 2.75) is 65.9 Å². The van der Waals surface area contributed by atoms with Gasteiger partial charge in [-0.2, -0.15) is 0 Å². The molecule has 0 rings (SSSR count). The average molecular weight is 280 g/mol. The fourth-order valence-electron chi connectivity index (χ4n) is 2.26. The first-order chi connectivity index (χ1) is 9.36. The van der Waals surface area contributed by atoms with E-state index in [0.29, 0.717) is 12.8 Å². The van der Waals surface area contributed by atoms with Gasteiger partial charge in [-0.1, -0.05) is 44.9 Å². The first-order valence-corrected chi connectivity index (χ1v) is 7.36. The Hall–Kier alpha value is -1.35. The van der Waals surface area contributed by atoms with Crippen molar-refractivity contribution in [3.8, 4) is 0 Å². The zero-order valence-corrected chi connectivity index (χ0v) is 13.4. The van der Waals surface area contributed by atoms with Crippen molar-refractivity contribution in [3.05, 3.63) is 34.9 Å². The van der Waals surface area contributed by atoms with Crippen molar-refractivity contribution < 1.29 is 15.0 Å². The summed E-state index contributed by atoms with van der Waals surface area (Å²) >= 11 is 0. The van der Waals surface area contributed by atoms with Crippen LogP contribution in [0.15, 0.2) is 34.9 Å². The van der Waals surface area contributed by atoms with E-state index < -0.39 is 11.6 Å². The lowest BCUT2D eigenvalue weighted by Crippen LogP contribution is -2.30. The molecule has 0 spiro atoms. The standard InChI is InChI=1S/C17H28O3/c1-6-12-17(20,9-4)15(13(5)7-2)11-10-14(8-3)16(18)19/h8,10-11,20H,6-7,9,12H2,1-5H3,(H,18,19)/b11-10-,14-8+,15-13+. The molecular weight excluding hydrogens is 252 g/mol. The molecule has 0 aromatic carbocycles. The molecule has 0 saturated heterocycles. The van der Waals surface area contributed by atoms with E-state index in [0.717, 1.165) is 24.0 Å². The van der Waals surface area contributed by atoms with Gasteiger partial charge in [-0.3, -0.25) is 0 Å². The van der Waals surface area contributed by atoms with Crippen molar-refractivity contribution in [3.63, 3.8) is 0 Å². The van der Waals surface area contributed by atoms with Crippen LogP contribution in [0.4, 0.5) is 0 Å². The van der Waals surface area contributed by atoms with Crippen LogP contribution in [-0.4, -0.2) is 21.8 Å². The topological polar surface area (TPSA) is 57.5 Å². The smallest absolute Gasteiger partial charge is 0.335 e. The van der Waals surface area contributed by atoms with Gasteiger partial charge >= 0.3 is 5.97 Å². The third-order valence-corrected chi connectivity index (χ3v) is 3.73. The summed E-state index contributed by atoms with van der Waals surface area (Å²) in [5, 5.41) is 19.9. The Balaban J connectivity index is 5.63. The van der Waals surface area contributed by atoms with Crippen LogP contribution in [0.3, 0.4) is 0 Å². The summed E-state index contributed by atoms with van der Waals surface area (Å²) in [6.45, 7) is 9.73. The molecule has 0 aromatic heterocycles. The first-order valence-electron chi connectivity index (χ1n) is 7.36. The summed E-state index contributed by atoms with van der Waals surface area (Å²) < 4.78 is 0. The number of carboxylic acids is 1. The summed E-state index contributed by atoms with van der Waals surface area (Å²) in [5.74, 6) is -0.951. The molecule has 0 fully saturated rings. The second-order valence-corrected chi connectivity index (χ2v) is 5.07. The molecule has 0 aromatic rings. The van der Waals surface area contributed by atoms with Crippen molar-refractivity contribution in [2.75, 3.05) is 0 Å². The molecule has 0 aliphatic rings. The van der Waals surface area contributed by atoms with Crippen molar-refractivity contribution in [2.24, 2.45) is 0 Å². The van der Waals surface area contributed by atoms with Gasteiger partial charge in [-0.15, -0.1) is 0 Å². The molecule has 1 unspecified atom stereocenters. The summed E-state index contributed by atoms with van der Waals surface area (Å²) in [6.07, 6.45) is 7.92. The molecule has 114 valence electrons. The Morgan fingerprint density at radius 1 is 1.20 bits per heavy atom. The molecule has 0 amide bonds. The Labute approximate surface area is 122 Å². The van der Waals surface area contributed by atoms with E-state index in [4.69, 9.17) is 5.11 Å². The number of rotatable bonds is 8. The third-order valence-electron chi connectivity index (χ3n) is 3.73. The minimum absolute atomic E-state index is 0.237. The molecule has 1 atom stereocenters.